The molecule has 1 aliphatic rings. The Bertz CT molecular complexity index is 668. The molecule has 3 rings (SSSR count). The molecule has 2 amide bonds. The van der Waals surface area contributed by atoms with Gasteiger partial charge in [0, 0.05) is 11.1 Å². The minimum Gasteiger partial charge on any atom is -0.449 e. The molecule has 0 aromatic heterocycles. The van der Waals surface area contributed by atoms with Crippen LogP contribution in [0.4, 0.5) is 4.79 Å². The molecule has 2 aromatic carbocycles. The number of nitrogens with two attached hydrogens (primary N) is 1. The lowest BCUT2D eigenvalue weighted by Crippen LogP contribution is -2.29. The molecule has 5 heteroatoms. The quantitative estimate of drug-likeness (QED) is 0.808. The second-order valence-corrected chi connectivity index (χ2v) is 4.61. The molecule has 4 N–H and O–H groups in total. The molecule has 0 spiro atoms. The summed E-state index contributed by atoms with van der Waals surface area (Å²) in [6.07, 6.45) is -0.358. The lowest BCUT2D eigenvalue weighted by Gasteiger charge is -2.13. The van der Waals surface area contributed by atoms with Gasteiger partial charge in [0.15, 0.2) is 6.23 Å². The van der Waals surface area contributed by atoms with Crippen LogP contribution in [0.1, 0.15) is 17.4 Å². The first-order valence-corrected chi connectivity index (χ1v) is 6.58. The van der Waals surface area contributed by atoms with Crippen LogP contribution in [0.15, 0.2) is 66.5 Å². The number of primary amides is 1. The Morgan fingerprint density at radius 2 is 1.67 bits per heavy atom. The number of benzene rings is 2. The molecule has 1 aliphatic heterocycles. The topological polar surface area (TPSA) is 76.4 Å². The van der Waals surface area contributed by atoms with Crippen LogP contribution in [0.3, 0.4) is 0 Å². The minimum atomic E-state index is -0.658. The second-order valence-electron chi connectivity index (χ2n) is 4.61. The summed E-state index contributed by atoms with van der Waals surface area (Å²) in [5.74, 6) is 0.336. The Morgan fingerprint density at radius 1 is 1.05 bits per heavy atom. The van der Waals surface area contributed by atoms with Crippen molar-refractivity contribution < 1.29 is 9.53 Å². The zero-order valence-corrected chi connectivity index (χ0v) is 11.2. The smallest absolute Gasteiger partial charge is 0.319 e. The molecule has 0 saturated carbocycles. The maximum Gasteiger partial charge on any atom is 0.319 e. The van der Waals surface area contributed by atoms with Crippen LogP contribution >= 0.6 is 0 Å². The van der Waals surface area contributed by atoms with Crippen molar-refractivity contribution in [1.82, 2.24) is 10.6 Å². The lowest BCUT2D eigenvalue weighted by atomic mass is 10.1. The first-order valence-electron chi connectivity index (χ1n) is 6.58. The number of urea groups is 1. The molecule has 21 heavy (non-hydrogen) atoms. The van der Waals surface area contributed by atoms with Gasteiger partial charge in [-0.2, -0.15) is 0 Å². The SMILES string of the molecule is NC(=O)NC1=C(c2ccccc2)NC(c2ccccc2)O1. The molecule has 0 radical (unpaired) electrons. The van der Waals surface area contributed by atoms with Gasteiger partial charge in [0.2, 0.25) is 5.88 Å². The number of amides is 2. The van der Waals surface area contributed by atoms with Crippen LogP contribution in [-0.4, -0.2) is 6.03 Å². The Morgan fingerprint density at radius 3 is 2.29 bits per heavy atom. The number of carbonyl (C=O) groups excluding carboxylic acids is 1. The van der Waals surface area contributed by atoms with Gasteiger partial charge in [-0.1, -0.05) is 60.7 Å². The van der Waals surface area contributed by atoms with Crippen molar-refractivity contribution in [3.63, 3.8) is 0 Å². The highest BCUT2D eigenvalue weighted by Gasteiger charge is 2.27. The highest BCUT2D eigenvalue weighted by atomic mass is 16.5. The van der Waals surface area contributed by atoms with E-state index in [0.29, 0.717) is 11.6 Å². The molecule has 5 nitrogen and oxygen atoms in total. The van der Waals surface area contributed by atoms with Crippen LogP contribution in [-0.2, 0) is 4.74 Å². The third kappa shape index (κ3) is 2.81. The Kier molecular flexibility index (Phi) is 3.47. The summed E-state index contributed by atoms with van der Waals surface area (Å²) in [6, 6.07) is 18.7. The Balaban J connectivity index is 1.91. The molecule has 0 saturated heterocycles. The largest absolute Gasteiger partial charge is 0.449 e. The van der Waals surface area contributed by atoms with E-state index >= 15 is 0 Å². The van der Waals surface area contributed by atoms with Crippen LogP contribution in [0.2, 0.25) is 0 Å². The third-order valence-electron chi connectivity index (χ3n) is 3.14. The van der Waals surface area contributed by atoms with Crippen LogP contribution in [0.25, 0.3) is 5.70 Å². The second kappa shape index (κ2) is 5.58. The molecule has 1 unspecified atom stereocenters. The van der Waals surface area contributed by atoms with E-state index in [1.54, 1.807) is 0 Å². The molecule has 0 fully saturated rings. The first-order chi connectivity index (χ1) is 10.2. The van der Waals surface area contributed by atoms with E-state index in [1.807, 2.05) is 60.7 Å². The Labute approximate surface area is 122 Å². The average molecular weight is 281 g/mol. The van der Waals surface area contributed by atoms with E-state index < -0.39 is 6.03 Å². The van der Waals surface area contributed by atoms with Gasteiger partial charge in [-0.15, -0.1) is 0 Å². The maximum atomic E-state index is 11.1. The van der Waals surface area contributed by atoms with Gasteiger partial charge in [-0.05, 0) is 0 Å². The van der Waals surface area contributed by atoms with Gasteiger partial charge in [-0.25, -0.2) is 4.79 Å². The summed E-state index contributed by atoms with van der Waals surface area (Å²) in [7, 11) is 0. The number of hydrogen-bond acceptors (Lipinski definition) is 3. The standard InChI is InChI=1S/C16H15N3O2/c17-16(20)19-15-13(11-7-3-1-4-8-11)18-14(21-15)12-9-5-2-6-10-12/h1-10,14,18H,(H3,17,19,20). The fraction of sp³-hybridized carbons (Fsp3) is 0.0625. The molecule has 0 bridgehead atoms. The molecular formula is C16H15N3O2. The summed E-state index contributed by atoms with van der Waals surface area (Å²) in [6.45, 7) is 0. The summed E-state index contributed by atoms with van der Waals surface area (Å²) in [5.41, 5.74) is 7.80. The highest BCUT2D eigenvalue weighted by molar-refractivity contribution is 5.78. The molecule has 2 aromatic rings. The van der Waals surface area contributed by atoms with Crippen molar-refractivity contribution in [3.8, 4) is 0 Å². The minimum absolute atomic E-state index is 0.336. The molecule has 106 valence electrons. The van der Waals surface area contributed by atoms with Crippen LogP contribution < -0.4 is 16.4 Å². The van der Waals surface area contributed by atoms with E-state index in [9.17, 15) is 4.79 Å². The summed E-state index contributed by atoms with van der Waals surface area (Å²) < 4.78 is 5.78. The number of nitrogens with one attached hydrogen (secondary N) is 2. The zero-order valence-electron chi connectivity index (χ0n) is 11.2. The van der Waals surface area contributed by atoms with E-state index in [2.05, 4.69) is 10.6 Å². The van der Waals surface area contributed by atoms with Gasteiger partial charge in [0.1, 0.15) is 5.70 Å². The van der Waals surface area contributed by atoms with E-state index in [4.69, 9.17) is 10.5 Å². The molecule has 1 heterocycles. The van der Waals surface area contributed by atoms with Crippen molar-refractivity contribution >= 4 is 11.7 Å². The van der Waals surface area contributed by atoms with E-state index in [-0.39, 0.29) is 6.23 Å². The van der Waals surface area contributed by atoms with E-state index in [1.165, 1.54) is 0 Å². The predicted molar refractivity (Wildman–Crippen MR) is 79.5 cm³/mol. The normalized spacial score (nSPS) is 17.0. The van der Waals surface area contributed by atoms with Crippen molar-refractivity contribution in [3.05, 3.63) is 77.7 Å². The molecule has 0 aliphatic carbocycles. The van der Waals surface area contributed by atoms with Gasteiger partial charge in [-0.3, -0.25) is 5.32 Å². The fourth-order valence-corrected chi connectivity index (χ4v) is 2.21. The van der Waals surface area contributed by atoms with Crippen LogP contribution in [0, 0.1) is 0 Å². The van der Waals surface area contributed by atoms with Gasteiger partial charge in [0.05, 0.1) is 0 Å². The molecule has 1 atom stereocenters. The predicted octanol–water partition coefficient (Wildman–Crippen LogP) is 2.30. The van der Waals surface area contributed by atoms with Crippen molar-refractivity contribution in [2.24, 2.45) is 5.73 Å². The van der Waals surface area contributed by atoms with Gasteiger partial charge < -0.3 is 15.8 Å². The molecular weight excluding hydrogens is 266 g/mol. The third-order valence-corrected chi connectivity index (χ3v) is 3.14. The maximum absolute atomic E-state index is 11.1. The summed E-state index contributed by atoms with van der Waals surface area (Å²) in [5, 5.41) is 5.79. The monoisotopic (exact) mass is 281 g/mol. The summed E-state index contributed by atoms with van der Waals surface area (Å²) >= 11 is 0. The summed E-state index contributed by atoms with van der Waals surface area (Å²) in [4.78, 5) is 11.1. The average Bonchev–Trinajstić information content (AvgIpc) is 2.92. The zero-order chi connectivity index (χ0) is 14.7. The number of hydrogen-bond donors (Lipinski definition) is 3. The van der Waals surface area contributed by atoms with Crippen LogP contribution in [0.5, 0.6) is 0 Å². The Hall–Kier alpha value is -2.95. The fourth-order valence-electron chi connectivity index (χ4n) is 2.21. The van der Waals surface area contributed by atoms with Crippen molar-refractivity contribution in [2.45, 2.75) is 6.23 Å². The number of rotatable bonds is 3. The van der Waals surface area contributed by atoms with Gasteiger partial charge in [0.25, 0.3) is 0 Å². The number of ether oxygens (including phenoxy) is 1. The first kappa shape index (κ1) is 13.1. The number of carbonyl (C=O) groups is 1. The van der Waals surface area contributed by atoms with Crippen molar-refractivity contribution in [2.75, 3.05) is 0 Å². The van der Waals surface area contributed by atoms with E-state index in [0.717, 1.165) is 11.1 Å². The van der Waals surface area contributed by atoms with Crippen molar-refractivity contribution in [1.29, 1.82) is 0 Å². The highest BCUT2D eigenvalue weighted by Crippen LogP contribution is 2.30. The lowest BCUT2D eigenvalue weighted by molar-refractivity contribution is 0.118. The van der Waals surface area contributed by atoms with Gasteiger partial charge >= 0.3 is 6.03 Å².